The largest absolute Gasteiger partial charge is 0.507 e. The molecular weight excluding hydrogens is 397 g/mol. The standard InChI is InChI=1S/C24H20FN3O3/c1-13-10-14(2)19(18(29)11-13)21-20-22(27-26-21)24(30)28(12-15-6-5-9-31-15)23(20)16-7-3-4-8-17(16)25/h3-11,23,29H,12H2,1-2H3,(H,26,27). The van der Waals surface area contributed by atoms with E-state index in [1.807, 2.05) is 19.9 Å². The summed E-state index contributed by atoms with van der Waals surface area (Å²) in [4.78, 5) is 14.9. The monoisotopic (exact) mass is 417 g/mol. The minimum Gasteiger partial charge on any atom is -0.507 e. The third kappa shape index (κ3) is 3.01. The Morgan fingerprint density at radius 2 is 2.00 bits per heavy atom. The average Bonchev–Trinajstić information content (AvgIpc) is 3.43. The lowest BCUT2D eigenvalue weighted by atomic mass is 9.93. The fourth-order valence-electron chi connectivity index (χ4n) is 4.39. The number of fused-ring (bicyclic) bond motifs is 1. The van der Waals surface area contributed by atoms with Gasteiger partial charge in [-0.15, -0.1) is 0 Å². The summed E-state index contributed by atoms with van der Waals surface area (Å²) < 4.78 is 20.4. The Morgan fingerprint density at radius 3 is 2.71 bits per heavy atom. The van der Waals surface area contributed by atoms with Crippen LogP contribution >= 0.6 is 0 Å². The van der Waals surface area contributed by atoms with Gasteiger partial charge in [0.05, 0.1) is 18.8 Å². The summed E-state index contributed by atoms with van der Waals surface area (Å²) in [6.07, 6.45) is 1.54. The molecule has 5 rings (SSSR count). The van der Waals surface area contributed by atoms with Crippen molar-refractivity contribution < 1.29 is 18.7 Å². The first-order valence-corrected chi connectivity index (χ1v) is 9.92. The van der Waals surface area contributed by atoms with E-state index in [1.165, 1.54) is 12.3 Å². The minimum absolute atomic E-state index is 0.0658. The molecule has 156 valence electrons. The Hall–Kier alpha value is -3.87. The maximum absolute atomic E-state index is 14.9. The number of amides is 1. The fourth-order valence-corrected chi connectivity index (χ4v) is 4.39. The first-order chi connectivity index (χ1) is 15.0. The maximum atomic E-state index is 14.9. The van der Waals surface area contributed by atoms with Crippen molar-refractivity contribution in [2.24, 2.45) is 0 Å². The van der Waals surface area contributed by atoms with Gasteiger partial charge in [0.15, 0.2) is 0 Å². The van der Waals surface area contributed by atoms with E-state index in [9.17, 15) is 14.3 Å². The number of halogens is 1. The summed E-state index contributed by atoms with van der Waals surface area (Å²) >= 11 is 0. The number of aromatic hydroxyl groups is 1. The first-order valence-electron chi connectivity index (χ1n) is 9.92. The Morgan fingerprint density at radius 1 is 1.19 bits per heavy atom. The fraction of sp³-hybridized carbons (Fsp3) is 0.167. The number of nitrogens with one attached hydrogen (secondary N) is 1. The molecule has 7 heteroatoms. The summed E-state index contributed by atoms with van der Waals surface area (Å²) in [6.45, 7) is 3.94. The lowest BCUT2D eigenvalue weighted by molar-refractivity contribution is 0.0715. The average molecular weight is 417 g/mol. The third-order valence-corrected chi connectivity index (χ3v) is 5.67. The molecule has 1 aliphatic heterocycles. The first kappa shape index (κ1) is 19.1. The van der Waals surface area contributed by atoms with Crippen LogP contribution in [-0.4, -0.2) is 26.1 Å². The van der Waals surface area contributed by atoms with Crippen molar-refractivity contribution in [2.75, 3.05) is 0 Å². The molecule has 0 aliphatic carbocycles. The molecule has 1 aliphatic rings. The van der Waals surface area contributed by atoms with Crippen LogP contribution in [0.2, 0.25) is 0 Å². The van der Waals surface area contributed by atoms with Crippen LogP contribution in [0.1, 0.15) is 44.5 Å². The molecule has 0 radical (unpaired) electrons. The summed E-state index contributed by atoms with van der Waals surface area (Å²) in [6, 6.07) is 12.8. The van der Waals surface area contributed by atoms with Crippen LogP contribution in [0.3, 0.4) is 0 Å². The van der Waals surface area contributed by atoms with Gasteiger partial charge in [-0.05, 0) is 49.2 Å². The number of nitrogens with zero attached hydrogens (tertiary/aromatic N) is 2. The van der Waals surface area contributed by atoms with Gasteiger partial charge in [-0.2, -0.15) is 5.10 Å². The second kappa shape index (κ2) is 7.12. The van der Waals surface area contributed by atoms with E-state index in [4.69, 9.17) is 4.42 Å². The summed E-state index contributed by atoms with van der Waals surface area (Å²) in [5, 5.41) is 17.9. The van der Waals surface area contributed by atoms with Crippen LogP contribution in [-0.2, 0) is 6.54 Å². The molecule has 3 heterocycles. The number of furan rings is 1. The number of aryl methyl sites for hydroxylation is 2. The molecule has 0 bridgehead atoms. The summed E-state index contributed by atoms with van der Waals surface area (Å²) in [5.41, 5.74) is 3.87. The Labute approximate surface area is 177 Å². The van der Waals surface area contributed by atoms with Gasteiger partial charge in [0.1, 0.15) is 28.7 Å². The number of carbonyl (C=O) groups is 1. The van der Waals surface area contributed by atoms with Gasteiger partial charge in [0.25, 0.3) is 5.91 Å². The molecule has 0 fully saturated rings. The zero-order valence-electron chi connectivity index (χ0n) is 17.0. The second-order valence-electron chi connectivity index (χ2n) is 7.77. The van der Waals surface area contributed by atoms with Gasteiger partial charge < -0.3 is 14.4 Å². The van der Waals surface area contributed by atoms with Gasteiger partial charge in [0, 0.05) is 16.7 Å². The third-order valence-electron chi connectivity index (χ3n) is 5.67. The minimum atomic E-state index is -0.720. The highest BCUT2D eigenvalue weighted by Crippen LogP contribution is 2.46. The lowest BCUT2D eigenvalue weighted by Gasteiger charge is -2.26. The topological polar surface area (TPSA) is 82.4 Å². The molecule has 2 aromatic carbocycles. The number of H-pyrrole nitrogens is 1. The summed E-state index contributed by atoms with van der Waals surface area (Å²) in [7, 11) is 0. The van der Waals surface area contributed by atoms with Crippen LogP contribution in [0.25, 0.3) is 11.3 Å². The SMILES string of the molecule is Cc1cc(C)c(-c2n[nH]c3c2C(c2ccccc2F)N(Cc2ccco2)C3=O)c(O)c1. The number of aromatic amines is 1. The van der Waals surface area contributed by atoms with E-state index in [-0.39, 0.29) is 23.9 Å². The number of carbonyl (C=O) groups excluding carboxylic acids is 1. The molecule has 2 aromatic heterocycles. The zero-order chi connectivity index (χ0) is 21.7. The van der Waals surface area contributed by atoms with Crippen molar-refractivity contribution in [3.05, 3.63) is 94.3 Å². The van der Waals surface area contributed by atoms with Crippen molar-refractivity contribution in [1.82, 2.24) is 15.1 Å². The predicted octanol–water partition coefficient (Wildman–Crippen LogP) is 4.88. The number of phenolic OH excluding ortho intramolecular Hbond substituents is 1. The molecule has 1 amide bonds. The Bertz CT molecular complexity index is 1270. The van der Waals surface area contributed by atoms with E-state index < -0.39 is 11.9 Å². The Kier molecular flexibility index (Phi) is 4.39. The molecule has 31 heavy (non-hydrogen) atoms. The van der Waals surface area contributed by atoms with E-state index in [0.29, 0.717) is 28.1 Å². The van der Waals surface area contributed by atoms with Crippen LogP contribution in [0, 0.1) is 19.7 Å². The molecule has 4 aromatic rings. The predicted molar refractivity (Wildman–Crippen MR) is 112 cm³/mol. The molecule has 2 N–H and O–H groups in total. The van der Waals surface area contributed by atoms with Crippen molar-refractivity contribution in [3.8, 4) is 17.0 Å². The number of phenols is 1. The van der Waals surface area contributed by atoms with Crippen molar-refractivity contribution >= 4 is 5.91 Å². The number of hydrogen-bond acceptors (Lipinski definition) is 4. The lowest BCUT2D eigenvalue weighted by Crippen LogP contribution is -2.29. The van der Waals surface area contributed by atoms with Crippen LogP contribution in [0.15, 0.2) is 59.2 Å². The van der Waals surface area contributed by atoms with Gasteiger partial charge >= 0.3 is 0 Å². The van der Waals surface area contributed by atoms with Crippen molar-refractivity contribution in [2.45, 2.75) is 26.4 Å². The zero-order valence-corrected chi connectivity index (χ0v) is 17.0. The number of hydrogen-bond donors (Lipinski definition) is 2. The molecule has 1 unspecified atom stereocenters. The second-order valence-corrected chi connectivity index (χ2v) is 7.77. The van der Waals surface area contributed by atoms with Gasteiger partial charge in [-0.3, -0.25) is 9.89 Å². The molecule has 1 atom stereocenters. The van der Waals surface area contributed by atoms with E-state index in [0.717, 1.165) is 11.1 Å². The highest BCUT2D eigenvalue weighted by atomic mass is 19.1. The molecule has 0 spiro atoms. The number of rotatable bonds is 4. The quantitative estimate of drug-likeness (QED) is 0.496. The smallest absolute Gasteiger partial charge is 0.273 e. The van der Waals surface area contributed by atoms with Crippen LogP contribution < -0.4 is 0 Å². The van der Waals surface area contributed by atoms with E-state index in [2.05, 4.69) is 10.2 Å². The molecule has 0 saturated carbocycles. The summed E-state index contributed by atoms with van der Waals surface area (Å²) in [5.74, 6) is -0.0722. The number of benzene rings is 2. The van der Waals surface area contributed by atoms with E-state index >= 15 is 0 Å². The van der Waals surface area contributed by atoms with Gasteiger partial charge in [-0.1, -0.05) is 24.3 Å². The van der Waals surface area contributed by atoms with Crippen molar-refractivity contribution in [3.63, 3.8) is 0 Å². The highest BCUT2D eigenvalue weighted by Gasteiger charge is 2.44. The molecule has 0 saturated heterocycles. The van der Waals surface area contributed by atoms with E-state index in [1.54, 1.807) is 41.3 Å². The van der Waals surface area contributed by atoms with Gasteiger partial charge in [0.2, 0.25) is 0 Å². The van der Waals surface area contributed by atoms with Gasteiger partial charge in [-0.25, -0.2) is 4.39 Å². The maximum Gasteiger partial charge on any atom is 0.273 e. The van der Waals surface area contributed by atoms with Crippen molar-refractivity contribution in [1.29, 1.82) is 0 Å². The normalized spacial score (nSPS) is 15.5. The molecule has 6 nitrogen and oxygen atoms in total. The number of aromatic nitrogens is 2. The van der Waals surface area contributed by atoms with Crippen LogP contribution in [0.5, 0.6) is 5.75 Å². The van der Waals surface area contributed by atoms with Crippen LogP contribution in [0.4, 0.5) is 4.39 Å². The highest BCUT2D eigenvalue weighted by molar-refractivity contribution is 6.00. The molecular formula is C24H20FN3O3. The Balaban J connectivity index is 1.73.